The number of rotatable bonds is 4. The first-order chi connectivity index (χ1) is 15.0. The number of hydrogen-bond donors (Lipinski definition) is 3. The number of nitrogens with one attached hydrogen (secondary N) is 3. The summed E-state index contributed by atoms with van der Waals surface area (Å²) in [4.78, 5) is 29.1. The van der Waals surface area contributed by atoms with E-state index >= 15 is 0 Å². The number of hydrogen-bond acceptors (Lipinski definition) is 3. The van der Waals surface area contributed by atoms with Gasteiger partial charge in [-0.1, -0.05) is 18.2 Å². The lowest BCUT2D eigenvalue weighted by Crippen LogP contribution is -2.19. The maximum Gasteiger partial charge on any atom is 0.323 e. The first-order valence-electron chi connectivity index (χ1n) is 9.59. The van der Waals surface area contributed by atoms with Crippen molar-refractivity contribution in [3.05, 3.63) is 95.9 Å². The highest BCUT2D eigenvalue weighted by atomic mass is 19.1. The minimum Gasteiger partial charge on any atom is -0.322 e. The molecule has 0 aliphatic heterocycles. The summed E-state index contributed by atoms with van der Waals surface area (Å²) in [6.45, 7) is 1.71. The number of fused-ring (bicyclic) bond motifs is 1. The van der Waals surface area contributed by atoms with Crippen molar-refractivity contribution in [2.75, 3.05) is 16.0 Å². The zero-order chi connectivity index (χ0) is 21.8. The van der Waals surface area contributed by atoms with E-state index < -0.39 is 0 Å². The average molecular weight is 414 g/mol. The van der Waals surface area contributed by atoms with Crippen molar-refractivity contribution in [3.8, 4) is 0 Å². The molecule has 0 atom stereocenters. The van der Waals surface area contributed by atoms with E-state index in [9.17, 15) is 14.0 Å². The fourth-order valence-corrected chi connectivity index (χ4v) is 3.12. The van der Waals surface area contributed by atoms with Crippen LogP contribution in [0, 0.1) is 12.7 Å². The van der Waals surface area contributed by atoms with Gasteiger partial charge in [0, 0.05) is 28.5 Å². The van der Waals surface area contributed by atoms with Crippen molar-refractivity contribution in [3.63, 3.8) is 0 Å². The van der Waals surface area contributed by atoms with Crippen LogP contribution in [0.4, 0.5) is 26.2 Å². The lowest BCUT2D eigenvalue weighted by molar-refractivity contribution is 0.102. The molecule has 0 bridgehead atoms. The fraction of sp³-hybridized carbons (Fsp3) is 0.0417. The molecular weight excluding hydrogens is 395 g/mol. The Kier molecular flexibility index (Phi) is 5.57. The molecular formula is C24H19FN4O2. The van der Waals surface area contributed by atoms with Gasteiger partial charge in [0.15, 0.2) is 0 Å². The van der Waals surface area contributed by atoms with Crippen LogP contribution >= 0.6 is 0 Å². The van der Waals surface area contributed by atoms with Gasteiger partial charge < -0.3 is 16.0 Å². The highest BCUT2D eigenvalue weighted by Crippen LogP contribution is 2.20. The van der Waals surface area contributed by atoms with Crippen LogP contribution in [0.3, 0.4) is 0 Å². The summed E-state index contributed by atoms with van der Waals surface area (Å²) in [6, 6.07) is 21.5. The van der Waals surface area contributed by atoms with Crippen molar-refractivity contribution in [2.45, 2.75) is 6.92 Å². The number of amides is 3. The van der Waals surface area contributed by atoms with Crippen molar-refractivity contribution < 1.29 is 14.0 Å². The quantitative estimate of drug-likeness (QED) is 0.408. The molecule has 7 heteroatoms. The van der Waals surface area contributed by atoms with Gasteiger partial charge in [-0.3, -0.25) is 9.78 Å². The summed E-state index contributed by atoms with van der Waals surface area (Å²) >= 11 is 0. The number of pyridine rings is 1. The molecule has 1 aromatic heterocycles. The molecule has 0 unspecified atom stereocenters. The molecule has 1 heterocycles. The van der Waals surface area contributed by atoms with Crippen LogP contribution in [0.5, 0.6) is 0 Å². The second kappa shape index (κ2) is 8.62. The Balaban J connectivity index is 1.42. The summed E-state index contributed by atoms with van der Waals surface area (Å²) < 4.78 is 13.4. The molecule has 3 N–H and O–H groups in total. The largest absolute Gasteiger partial charge is 0.323 e. The van der Waals surface area contributed by atoms with E-state index in [0.717, 1.165) is 0 Å². The number of para-hydroxylation sites is 1. The van der Waals surface area contributed by atoms with Gasteiger partial charge in [-0.25, -0.2) is 9.18 Å². The summed E-state index contributed by atoms with van der Waals surface area (Å²) in [5.74, 6) is -0.693. The SMILES string of the molecule is Cc1nc2cc(F)ccc2cc1C(=O)Nc1ccc(NC(=O)Nc2ccccc2)cc1. The number of carbonyl (C=O) groups is 2. The smallest absolute Gasteiger partial charge is 0.322 e. The second-order valence-electron chi connectivity index (χ2n) is 6.93. The molecule has 3 aromatic carbocycles. The first-order valence-corrected chi connectivity index (χ1v) is 9.59. The Morgan fingerprint density at radius 1 is 0.774 bits per heavy atom. The summed E-state index contributed by atoms with van der Waals surface area (Å²) in [7, 11) is 0. The van der Waals surface area contributed by atoms with E-state index in [1.807, 2.05) is 18.2 Å². The minimum atomic E-state index is -0.372. The molecule has 6 nitrogen and oxygen atoms in total. The lowest BCUT2D eigenvalue weighted by Gasteiger charge is -2.11. The number of urea groups is 1. The van der Waals surface area contributed by atoms with E-state index in [4.69, 9.17) is 0 Å². The number of anilines is 3. The van der Waals surface area contributed by atoms with Crippen LogP contribution in [0.1, 0.15) is 16.1 Å². The van der Waals surface area contributed by atoms with Crippen molar-refractivity contribution in [2.24, 2.45) is 0 Å². The summed E-state index contributed by atoms with van der Waals surface area (Å²) in [5, 5.41) is 8.96. The number of aryl methyl sites for hydroxylation is 1. The van der Waals surface area contributed by atoms with Crippen LogP contribution in [0.15, 0.2) is 78.9 Å². The van der Waals surface area contributed by atoms with E-state index in [1.165, 1.54) is 12.1 Å². The highest BCUT2D eigenvalue weighted by molar-refractivity contribution is 6.07. The number of benzene rings is 3. The van der Waals surface area contributed by atoms with Gasteiger partial charge in [-0.05, 0) is 61.5 Å². The molecule has 0 aliphatic rings. The van der Waals surface area contributed by atoms with Gasteiger partial charge in [0.05, 0.1) is 16.8 Å². The van der Waals surface area contributed by atoms with Gasteiger partial charge in [-0.2, -0.15) is 0 Å². The normalized spacial score (nSPS) is 10.5. The molecule has 154 valence electrons. The Labute approximate surface area is 178 Å². The van der Waals surface area contributed by atoms with Gasteiger partial charge in [0.1, 0.15) is 5.82 Å². The third-order valence-corrected chi connectivity index (χ3v) is 4.65. The number of halogens is 1. The molecule has 0 radical (unpaired) electrons. The minimum absolute atomic E-state index is 0.321. The Morgan fingerprint density at radius 3 is 2.06 bits per heavy atom. The zero-order valence-corrected chi connectivity index (χ0v) is 16.6. The number of nitrogens with zero attached hydrogens (tertiary/aromatic N) is 1. The predicted molar refractivity (Wildman–Crippen MR) is 120 cm³/mol. The molecule has 31 heavy (non-hydrogen) atoms. The third kappa shape index (κ3) is 4.84. The molecule has 4 aromatic rings. The average Bonchev–Trinajstić information content (AvgIpc) is 2.75. The van der Waals surface area contributed by atoms with Crippen LogP contribution < -0.4 is 16.0 Å². The molecule has 0 spiro atoms. The summed E-state index contributed by atoms with van der Waals surface area (Å²) in [5.41, 5.74) is 3.24. The molecule has 0 saturated heterocycles. The number of aromatic nitrogens is 1. The molecule has 0 saturated carbocycles. The second-order valence-corrected chi connectivity index (χ2v) is 6.93. The van der Waals surface area contributed by atoms with Crippen LogP contribution in [-0.4, -0.2) is 16.9 Å². The van der Waals surface area contributed by atoms with Gasteiger partial charge in [0.2, 0.25) is 0 Å². The molecule has 0 aliphatic carbocycles. The first kappa shape index (κ1) is 20.0. The van der Waals surface area contributed by atoms with Crippen molar-refractivity contribution in [1.82, 2.24) is 4.98 Å². The molecule has 3 amide bonds. The maximum absolute atomic E-state index is 13.4. The maximum atomic E-state index is 13.4. The Bertz CT molecular complexity index is 1260. The standard InChI is InChI=1S/C24H19FN4O2/c1-15-21(13-16-7-8-17(25)14-22(16)26-15)23(30)27-19-9-11-20(12-10-19)29-24(31)28-18-5-3-2-4-6-18/h2-14H,1H3,(H,27,30)(H2,28,29,31). The predicted octanol–water partition coefficient (Wildman–Crippen LogP) is 5.58. The van der Waals surface area contributed by atoms with E-state index in [0.29, 0.717) is 39.2 Å². The van der Waals surface area contributed by atoms with Gasteiger partial charge in [0.25, 0.3) is 5.91 Å². The monoisotopic (exact) mass is 414 g/mol. The van der Waals surface area contributed by atoms with Crippen molar-refractivity contribution in [1.29, 1.82) is 0 Å². The fourth-order valence-electron chi connectivity index (χ4n) is 3.12. The van der Waals surface area contributed by atoms with Crippen LogP contribution in [0.25, 0.3) is 10.9 Å². The Hall–Kier alpha value is -4.26. The van der Waals surface area contributed by atoms with E-state index in [1.54, 1.807) is 55.5 Å². The zero-order valence-electron chi connectivity index (χ0n) is 16.6. The molecule has 4 rings (SSSR count). The summed E-state index contributed by atoms with van der Waals surface area (Å²) in [6.07, 6.45) is 0. The van der Waals surface area contributed by atoms with Crippen molar-refractivity contribution >= 4 is 39.9 Å². The number of carbonyl (C=O) groups excluding carboxylic acids is 2. The highest BCUT2D eigenvalue weighted by Gasteiger charge is 2.13. The van der Waals surface area contributed by atoms with E-state index in [2.05, 4.69) is 20.9 Å². The van der Waals surface area contributed by atoms with Gasteiger partial charge in [-0.15, -0.1) is 0 Å². The van der Waals surface area contributed by atoms with Gasteiger partial charge >= 0.3 is 6.03 Å². The van der Waals surface area contributed by atoms with Crippen LogP contribution in [0.2, 0.25) is 0 Å². The Morgan fingerprint density at radius 2 is 1.39 bits per heavy atom. The third-order valence-electron chi connectivity index (χ3n) is 4.65. The van der Waals surface area contributed by atoms with E-state index in [-0.39, 0.29) is 17.8 Å². The van der Waals surface area contributed by atoms with Crippen LogP contribution in [-0.2, 0) is 0 Å². The molecule has 0 fully saturated rings. The lowest BCUT2D eigenvalue weighted by atomic mass is 10.1. The topological polar surface area (TPSA) is 83.1 Å².